The number of benzene rings is 2. The molecule has 0 spiro atoms. The Morgan fingerprint density at radius 3 is 2.86 bits per heavy atom. The Morgan fingerprint density at radius 1 is 1.24 bits per heavy atom. The lowest BCUT2D eigenvalue weighted by Crippen LogP contribution is -2.41. The van der Waals surface area contributed by atoms with Crippen LogP contribution < -0.4 is 4.74 Å². The fraction of sp³-hybridized carbons (Fsp3) is 0.318. The molecule has 150 valence electrons. The van der Waals surface area contributed by atoms with Gasteiger partial charge in [0.15, 0.2) is 6.61 Å². The molecule has 0 saturated carbocycles. The minimum Gasteiger partial charge on any atom is -0.484 e. The zero-order valence-electron chi connectivity index (χ0n) is 16.2. The number of carbonyl (C=O) groups excluding carboxylic acids is 1. The molecule has 1 atom stereocenters. The molecule has 0 bridgehead atoms. The van der Waals surface area contributed by atoms with Gasteiger partial charge in [0.05, 0.1) is 0 Å². The number of rotatable bonds is 5. The molecule has 0 unspecified atom stereocenters. The summed E-state index contributed by atoms with van der Waals surface area (Å²) in [5.74, 6) is 1.52. The van der Waals surface area contributed by atoms with E-state index < -0.39 is 0 Å². The average molecular weight is 412 g/mol. The number of halogens is 1. The second kappa shape index (κ2) is 8.66. The van der Waals surface area contributed by atoms with Gasteiger partial charge in [0.25, 0.3) is 5.91 Å². The van der Waals surface area contributed by atoms with Crippen LogP contribution in [-0.2, 0) is 4.79 Å². The molecule has 29 heavy (non-hydrogen) atoms. The number of aryl methyl sites for hydroxylation is 1. The molecule has 4 rings (SSSR count). The largest absolute Gasteiger partial charge is 0.484 e. The first-order valence-electron chi connectivity index (χ1n) is 9.68. The first-order chi connectivity index (χ1) is 14.1. The predicted octanol–water partition coefficient (Wildman–Crippen LogP) is 4.83. The van der Waals surface area contributed by atoms with Crippen molar-refractivity contribution in [2.45, 2.75) is 32.2 Å². The molecule has 3 aromatic rings. The maximum Gasteiger partial charge on any atom is 0.261 e. The van der Waals surface area contributed by atoms with Gasteiger partial charge >= 0.3 is 0 Å². The van der Waals surface area contributed by atoms with Crippen LogP contribution >= 0.6 is 11.6 Å². The summed E-state index contributed by atoms with van der Waals surface area (Å²) in [4.78, 5) is 19.2. The van der Waals surface area contributed by atoms with Gasteiger partial charge in [-0.1, -0.05) is 40.5 Å². The summed E-state index contributed by atoms with van der Waals surface area (Å²) in [7, 11) is 0. The van der Waals surface area contributed by atoms with E-state index in [2.05, 4.69) is 10.1 Å². The zero-order valence-corrected chi connectivity index (χ0v) is 16.9. The first-order valence-corrected chi connectivity index (χ1v) is 10.1. The number of nitrogens with zero attached hydrogens (tertiary/aromatic N) is 3. The summed E-state index contributed by atoms with van der Waals surface area (Å²) in [6, 6.07) is 14.7. The van der Waals surface area contributed by atoms with Crippen molar-refractivity contribution in [3.8, 4) is 17.1 Å². The highest BCUT2D eigenvalue weighted by atomic mass is 35.5. The zero-order chi connectivity index (χ0) is 20.2. The Morgan fingerprint density at radius 2 is 2.07 bits per heavy atom. The molecule has 1 fully saturated rings. The van der Waals surface area contributed by atoms with Gasteiger partial charge in [-0.05, 0) is 56.5 Å². The van der Waals surface area contributed by atoms with Gasteiger partial charge in [0.2, 0.25) is 11.7 Å². The van der Waals surface area contributed by atoms with Gasteiger partial charge in [0, 0.05) is 17.1 Å². The second-order valence-electron chi connectivity index (χ2n) is 7.17. The quantitative estimate of drug-likeness (QED) is 0.601. The molecule has 2 aromatic carbocycles. The molecular formula is C22H22ClN3O3. The smallest absolute Gasteiger partial charge is 0.261 e. The number of amides is 1. The average Bonchev–Trinajstić information content (AvgIpc) is 3.23. The molecular weight excluding hydrogens is 390 g/mol. The highest BCUT2D eigenvalue weighted by molar-refractivity contribution is 6.30. The van der Waals surface area contributed by atoms with Gasteiger partial charge < -0.3 is 14.2 Å². The Labute approximate surface area is 174 Å². The third kappa shape index (κ3) is 4.59. The minimum absolute atomic E-state index is 0.0446. The van der Waals surface area contributed by atoms with E-state index in [1.54, 1.807) is 29.2 Å². The fourth-order valence-corrected chi connectivity index (χ4v) is 3.64. The number of likely N-dealkylation sites (tertiary alicyclic amines) is 1. The Kier molecular flexibility index (Phi) is 5.81. The van der Waals surface area contributed by atoms with Crippen molar-refractivity contribution < 1.29 is 14.1 Å². The van der Waals surface area contributed by atoms with Crippen LogP contribution in [0.25, 0.3) is 11.4 Å². The van der Waals surface area contributed by atoms with Crippen LogP contribution in [0.1, 0.15) is 36.8 Å². The predicted molar refractivity (Wildman–Crippen MR) is 110 cm³/mol. The van der Waals surface area contributed by atoms with Gasteiger partial charge in [-0.15, -0.1) is 0 Å². The number of aromatic nitrogens is 2. The topological polar surface area (TPSA) is 68.5 Å². The van der Waals surface area contributed by atoms with Crippen LogP contribution in [0, 0.1) is 6.92 Å². The lowest BCUT2D eigenvalue weighted by molar-refractivity contribution is -0.138. The minimum atomic E-state index is -0.226. The summed E-state index contributed by atoms with van der Waals surface area (Å²) in [6.45, 7) is 2.62. The number of hydrogen-bond acceptors (Lipinski definition) is 5. The molecule has 1 amide bonds. The Balaban J connectivity index is 1.47. The van der Waals surface area contributed by atoms with E-state index in [1.807, 2.05) is 31.2 Å². The van der Waals surface area contributed by atoms with Crippen molar-refractivity contribution in [1.29, 1.82) is 0 Å². The van der Waals surface area contributed by atoms with Gasteiger partial charge in [-0.25, -0.2) is 0 Å². The molecule has 6 nitrogen and oxygen atoms in total. The summed E-state index contributed by atoms with van der Waals surface area (Å²) in [5, 5.41) is 4.76. The molecule has 0 N–H and O–H groups in total. The highest BCUT2D eigenvalue weighted by Crippen LogP contribution is 2.31. The van der Waals surface area contributed by atoms with Crippen molar-refractivity contribution in [3.63, 3.8) is 0 Å². The van der Waals surface area contributed by atoms with Crippen LogP contribution in [-0.4, -0.2) is 34.1 Å². The number of hydrogen-bond donors (Lipinski definition) is 0. The lowest BCUT2D eigenvalue weighted by Gasteiger charge is -2.33. The van der Waals surface area contributed by atoms with Crippen molar-refractivity contribution in [3.05, 3.63) is 65.0 Å². The van der Waals surface area contributed by atoms with Crippen LogP contribution in [0.15, 0.2) is 53.1 Å². The lowest BCUT2D eigenvalue weighted by atomic mass is 10.0. The van der Waals surface area contributed by atoms with E-state index in [9.17, 15) is 4.79 Å². The third-order valence-electron chi connectivity index (χ3n) is 5.00. The molecule has 2 heterocycles. The van der Waals surface area contributed by atoms with Crippen molar-refractivity contribution in [1.82, 2.24) is 15.0 Å². The second-order valence-corrected chi connectivity index (χ2v) is 7.60. The summed E-state index contributed by atoms with van der Waals surface area (Å²) in [5.41, 5.74) is 2.03. The maximum atomic E-state index is 12.8. The van der Waals surface area contributed by atoms with E-state index in [4.69, 9.17) is 20.9 Å². The van der Waals surface area contributed by atoms with Crippen LogP contribution in [0.3, 0.4) is 0 Å². The van der Waals surface area contributed by atoms with Gasteiger partial charge in [-0.2, -0.15) is 4.98 Å². The van der Waals surface area contributed by atoms with E-state index in [0.717, 1.165) is 30.4 Å². The van der Waals surface area contributed by atoms with Crippen LogP contribution in [0.2, 0.25) is 5.02 Å². The Bertz CT molecular complexity index is 987. The van der Waals surface area contributed by atoms with Crippen LogP contribution in [0.5, 0.6) is 5.75 Å². The van der Waals surface area contributed by atoms with Crippen molar-refractivity contribution >= 4 is 17.5 Å². The van der Waals surface area contributed by atoms with Crippen molar-refractivity contribution in [2.24, 2.45) is 0 Å². The SMILES string of the molecule is Cc1cccc(-c2noc([C@@H]3CCCCN3C(=O)COc3ccc(Cl)cc3)n2)c1. The van der Waals surface area contributed by atoms with E-state index in [0.29, 0.717) is 29.0 Å². The van der Waals surface area contributed by atoms with Gasteiger partial charge in [-0.3, -0.25) is 4.79 Å². The molecule has 1 saturated heterocycles. The summed E-state index contributed by atoms with van der Waals surface area (Å²) in [6.07, 6.45) is 2.75. The number of ether oxygens (including phenoxy) is 1. The normalized spacial score (nSPS) is 16.6. The molecule has 1 aliphatic heterocycles. The molecule has 1 aromatic heterocycles. The van der Waals surface area contributed by atoms with Gasteiger partial charge in [0.1, 0.15) is 11.8 Å². The maximum absolute atomic E-state index is 12.8. The molecule has 7 heteroatoms. The summed E-state index contributed by atoms with van der Waals surface area (Å²) < 4.78 is 11.2. The van der Waals surface area contributed by atoms with E-state index in [1.165, 1.54) is 0 Å². The third-order valence-corrected chi connectivity index (χ3v) is 5.25. The van der Waals surface area contributed by atoms with E-state index in [-0.39, 0.29) is 18.6 Å². The molecule has 1 aliphatic rings. The highest BCUT2D eigenvalue weighted by Gasteiger charge is 2.32. The van der Waals surface area contributed by atoms with Crippen molar-refractivity contribution in [2.75, 3.05) is 13.2 Å². The monoisotopic (exact) mass is 411 g/mol. The Hall–Kier alpha value is -2.86. The first kappa shape index (κ1) is 19.5. The molecule has 0 aliphatic carbocycles. The fourth-order valence-electron chi connectivity index (χ4n) is 3.52. The summed E-state index contributed by atoms with van der Waals surface area (Å²) >= 11 is 5.88. The standard InChI is InChI=1S/C22H22ClN3O3/c1-15-5-4-6-16(13-15)21-24-22(29-25-21)19-7-2-3-12-26(19)20(27)14-28-18-10-8-17(23)9-11-18/h4-6,8-11,13,19H,2-3,7,12,14H2,1H3/t19-/m0/s1. The number of piperidine rings is 1. The van der Waals surface area contributed by atoms with Crippen LogP contribution in [0.4, 0.5) is 0 Å². The molecule has 0 radical (unpaired) electrons. The van der Waals surface area contributed by atoms with E-state index >= 15 is 0 Å². The number of carbonyl (C=O) groups is 1.